The van der Waals surface area contributed by atoms with Crippen LogP contribution in [0.1, 0.15) is 0 Å². The summed E-state index contributed by atoms with van der Waals surface area (Å²) in [5.74, 6) is 0. The highest BCUT2D eigenvalue weighted by molar-refractivity contribution is 6.11. The van der Waals surface area contributed by atoms with E-state index in [1.165, 1.54) is 5.39 Å². The van der Waals surface area contributed by atoms with Crippen molar-refractivity contribution in [3.8, 4) is 33.4 Å². The molecule has 2 heterocycles. The third kappa shape index (κ3) is 4.52. The molecule has 0 N–H and O–H groups in total. The van der Waals surface area contributed by atoms with Crippen molar-refractivity contribution >= 4 is 44.8 Å². The maximum atomic E-state index is 7.04. The van der Waals surface area contributed by atoms with E-state index in [0.717, 1.165) is 72.8 Å². The number of hydrogen-bond acceptors (Lipinski definition) is 2. The number of para-hydroxylation sites is 3. The number of benzene rings is 7. The fourth-order valence-corrected chi connectivity index (χ4v) is 6.88. The normalized spacial score (nSPS) is 11.4. The largest absolute Gasteiger partial charge is 0.437 e. The lowest BCUT2D eigenvalue weighted by Crippen LogP contribution is -2.09. The lowest BCUT2D eigenvalue weighted by atomic mass is 9.98. The number of oxazole rings is 1. The van der Waals surface area contributed by atoms with E-state index in [0.29, 0.717) is 0 Å². The highest BCUT2D eigenvalue weighted by Crippen LogP contribution is 2.45. The van der Waals surface area contributed by atoms with Crippen LogP contribution >= 0.6 is 0 Å². The number of rotatable bonds is 6. The Morgan fingerprint density at radius 2 is 0.894 bits per heavy atom. The van der Waals surface area contributed by atoms with Crippen LogP contribution in [0.2, 0.25) is 0 Å². The van der Waals surface area contributed by atoms with E-state index in [2.05, 4.69) is 191 Å². The minimum absolute atomic E-state index is 0.855. The molecule has 0 spiro atoms. The van der Waals surface area contributed by atoms with Crippen LogP contribution in [0, 0.1) is 0 Å². The van der Waals surface area contributed by atoms with Gasteiger partial charge in [0.15, 0.2) is 5.58 Å². The summed E-state index contributed by atoms with van der Waals surface area (Å²) in [6.07, 6.45) is 0. The molecule has 9 rings (SSSR count). The van der Waals surface area contributed by atoms with Crippen LogP contribution < -0.4 is 4.90 Å². The Labute approximate surface area is 273 Å². The van der Waals surface area contributed by atoms with E-state index in [1.54, 1.807) is 0 Å². The van der Waals surface area contributed by atoms with Crippen LogP contribution in [0.15, 0.2) is 186 Å². The highest BCUT2D eigenvalue weighted by Gasteiger charge is 2.24. The van der Waals surface area contributed by atoms with E-state index < -0.39 is 0 Å². The number of hydrogen-bond donors (Lipinski definition) is 0. The van der Waals surface area contributed by atoms with Crippen molar-refractivity contribution in [1.29, 1.82) is 0 Å². The molecule has 3 heteroatoms. The van der Waals surface area contributed by atoms with Gasteiger partial charge in [-0.3, -0.25) is 4.40 Å². The number of aromatic nitrogens is 1. The molecule has 3 nitrogen and oxygen atoms in total. The van der Waals surface area contributed by atoms with E-state index in [-0.39, 0.29) is 0 Å². The first kappa shape index (κ1) is 27.0. The molecule has 9 aromatic rings. The number of nitrogens with zero attached hydrogens (tertiary/aromatic N) is 2. The molecule has 0 radical (unpaired) electrons. The molecule has 2 aromatic heterocycles. The maximum Gasteiger partial charge on any atom is 0.213 e. The quantitative estimate of drug-likeness (QED) is 0.189. The SMILES string of the molecule is c1ccc(-c2c3ccccc3n3c2oc2c(-c4ccc(N(c5ccccc5)c5ccccc5)cc4)ccc(-c4ccccc4)c23)cc1. The summed E-state index contributed by atoms with van der Waals surface area (Å²) in [6.45, 7) is 0. The summed E-state index contributed by atoms with van der Waals surface area (Å²) in [7, 11) is 0. The van der Waals surface area contributed by atoms with Gasteiger partial charge in [0, 0.05) is 33.6 Å². The predicted molar refractivity (Wildman–Crippen MR) is 196 cm³/mol. The highest BCUT2D eigenvalue weighted by atomic mass is 16.3. The van der Waals surface area contributed by atoms with Crippen LogP contribution in [0.25, 0.3) is 61.1 Å². The molecule has 0 saturated carbocycles. The van der Waals surface area contributed by atoms with Crippen LogP contribution in [-0.2, 0) is 0 Å². The van der Waals surface area contributed by atoms with Gasteiger partial charge >= 0.3 is 0 Å². The van der Waals surface area contributed by atoms with E-state index >= 15 is 0 Å². The van der Waals surface area contributed by atoms with Crippen LogP contribution in [-0.4, -0.2) is 4.40 Å². The van der Waals surface area contributed by atoms with Crippen LogP contribution in [0.5, 0.6) is 0 Å². The molecule has 0 bridgehead atoms. The molecule has 7 aromatic carbocycles. The fourth-order valence-electron chi connectivity index (χ4n) is 6.88. The first-order valence-corrected chi connectivity index (χ1v) is 16.0. The molecule has 0 amide bonds. The summed E-state index contributed by atoms with van der Waals surface area (Å²) in [4.78, 5) is 2.28. The molecule has 222 valence electrons. The average Bonchev–Trinajstić information content (AvgIpc) is 3.69. The van der Waals surface area contributed by atoms with Crippen molar-refractivity contribution < 1.29 is 4.42 Å². The van der Waals surface area contributed by atoms with Crippen LogP contribution in [0.4, 0.5) is 17.1 Å². The van der Waals surface area contributed by atoms with Gasteiger partial charge in [0.25, 0.3) is 0 Å². The summed E-state index contributed by atoms with van der Waals surface area (Å²) in [5.41, 5.74) is 13.9. The molecule has 0 unspecified atom stereocenters. The Bertz CT molecular complexity index is 2440. The Morgan fingerprint density at radius 1 is 0.404 bits per heavy atom. The second-order valence-corrected chi connectivity index (χ2v) is 11.8. The first-order chi connectivity index (χ1) is 23.3. The Hall–Kier alpha value is -6.32. The maximum absolute atomic E-state index is 7.04. The molecule has 0 aliphatic carbocycles. The van der Waals surface area contributed by atoms with Gasteiger partial charge in [-0.25, -0.2) is 0 Å². The molecule has 0 saturated heterocycles. The van der Waals surface area contributed by atoms with Crippen LogP contribution in [0.3, 0.4) is 0 Å². The molecule has 47 heavy (non-hydrogen) atoms. The second kappa shape index (κ2) is 11.2. The number of fused-ring (bicyclic) bond motifs is 5. The van der Waals surface area contributed by atoms with Gasteiger partial charge in [0.2, 0.25) is 5.71 Å². The molecule has 0 aliphatic heterocycles. The van der Waals surface area contributed by atoms with Gasteiger partial charge in [0.1, 0.15) is 5.52 Å². The summed E-state index contributed by atoms with van der Waals surface area (Å²) in [5, 5.41) is 1.18. The van der Waals surface area contributed by atoms with Crippen molar-refractivity contribution in [2.45, 2.75) is 0 Å². The minimum atomic E-state index is 0.855. The summed E-state index contributed by atoms with van der Waals surface area (Å²) < 4.78 is 9.36. The average molecular weight is 603 g/mol. The lowest BCUT2D eigenvalue weighted by Gasteiger charge is -2.25. The van der Waals surface area contributed by atoms with E-state index in [4.69, 9.17) is 4.42 Å². The van der Waals surface area contributed by atoms with Crippen molar-refractivity contribution in [2.24, 2.45) is 0 Å². The smallest absolute Gasteiger partial charge is 0.213 e. The van der Waals surface area contributed by atoms with Gasteiger partial charge in [-0.15, -0.1) is 0 Å². The lowest BCUT2D eigenvalue weighted by molar-refractivity contribution is 0.659. The first-order valence-electron chi connectivity index (χ1n) is 16.0. The third-order valence-electron chi connectivity index (χ3n) is 9.00. The molecule has 0 atom stereocenters. The van der Waals surface area contributed by atoms with E-state index in [1.807, 2.05) is 0 Å². The van der Waals surface area contributed by atoms with Gasteiger partial charge in [-0.05, 0) is 65.2 Å². The predicted octanol–water partition coefficient (Wildman–Crippen LogP) is 12.3. The van der Waals surface area contributed by atoms with Crippen molar-refractivity contribution in [2.75, 3.05) is 4.90 Å². The van der Waals surface area contributed by atoms with Gasteiger partial charge in [-0.2, -0.15) is 0 Å². The third-order valence-corrected chi connectivity index (χ3v) is 9.00. The van der Waals surface area contributed by atoms with E-state index in [9.17, 15) is 0 Å². The van der Waals surface area contributed by atoms with Gasteiger partial charge < -0.3 is 9.32 Å². The standard InChI is InChI=1S/C44H30N2O/c1-5-15-31(16-6-1)37-29-30-38(32-25-27-36(28-26-32)45(34-19-9-3-10-20-34)35-21-11-4-12-22-35)43-42(37)46-40-24-14-13-23-39(40)41(44(46)47-43)33-17-7-2-8-18-33/h1-30H. The topological polar surface area (TPSA) is 20.8 Å². The monoisotopic (exact) mass is 602 g/mol. The molecule has 0 fully saturated rings. The second-order valence-electron chi connectivity index (χ2n) is 11.8. The summed E-state index contributed by atoms with van der Waals surface area (Å²) in [6, 6.07) is 64.1. The van der Waals surface area contributed by atoms with Crippen molar-refractivity contribution in [3.05, 3.63) is 182 Å². The minimum Gasteiger partial charge on any atom is -0.437 e. The van der Waals surface area contributed by atoms with Crippen molar-refractivity contribution in [3.63, 3.8) is 0 Å². The van der Waals surface area contributed by atoms with Gasteiger partial charge in [-0.1, -0.05) is 133 Å². The zero-order chi connectivity index (χ0) is 31.2. The van der Waals surface area contributed by atoms with Crippen molar-refractivity contribution in [1.82, 2.24) is 4.40 Å². The zero-order valence-electron chi connectivity index (χ0n) is 25.6. The molecule has 0 aliphatic rings. The Balaban J connectivity index is 1.28. The summed E-state index contributed by atoms with van der Waals surface area (Å²) >= 11 is 0. The number of anilines is 3. The zero-order valence-corrected chi connectivity index (χ0v) is 25.6. The van der Waals surface area contributed by atoms with Gasteiger partial charge in [0.05, 0.1) is 11.1 Å². The fraction of sp³-hybridized carbons (Fsp3) is 0. The molecular formula is C44H30N2O. The Morgan fingerprint density at radius 3 is 1.53 bits per heavy atom. The molecular weight excluding hydrogens is 572 g/mol. The Kier molecular flexibility index (Phi) is 6.46.